The third-order valence-corrected chi connectivity index (χ3v) is 1.97. The van der Waals surface area contributed by atoms with Gasteiger partial charge in [0.15, 0.2) is 4.64 Å². The van der Waals surface area contributed by atoms with Gasteiger partial charge in [0.2, 0.25) is 0 Å². The van der Waals surface area contributed by atoms with Crippen molar-refractivity contribution in [2.45, 2.75) is 26.3 Å². The van der Waals surface area contributed by atoms with E-state index in [0.717, 1.165) is 19.4 Å². The van der Waals surface area contributed by atoms with Crippen LogP contribution in [0.5, 0.6) is 0 Å². The Kier molecular flexibility index (Phi) is 3.22. The van der Waals surface area contributed by atoms with Gasteiger partial charge < -0.3 is 9.55 Å². The van der Waals surface area contributed by atoms with Gasteiger partial charge in [-0.2, -0.15) is 0 Å². The normalized spacial score (nSPS) is 10.1. The lowest BCUT2D eigenvalue weighted by atomic mass is 10.3. The Labute approximate surface area is 76.1 Å². The number of hydrogen-bond acceptors (Lipinski definition) is 2. The van der Waals surface area contributed by atoms with Gasteiger partial charge in [-0.25, -0.2) is 0 Å². The molecule has 1 N–H and O–H groups in total. The molecular formula is C8H12N2OS. The van der Waals surface area contributed by atoms with Crippen molar-refractivity contribution < 1.29 is 0 Å². The SMILES string of the molecule is CCCCn1cc[nH]c(=S)c1=O. The second-order valence-corrected chi connectivity index (χ2v) is 3.05. The first-order valence-corrected chi connectivity index (χ1v) is 4.44. The number of aromatic amines is 1. The zero-order valence-electron chi connectivity index (χ0n) is 7.04. The van der Waals surface area contributed by atoms with Crippen LogP contribution in [0, 0.1) is 4.64 Å². The van der Waals surface area contributed by atoms with Gasteiger partial charge in [-0.05, 0) is 6.42 Å². The molecule has 1 aromatic heterocycles. The predicted octanol–water partition coefficient (Wildman–Crippen LogP) is 1.71. The van der Waals surface area contributed by atoms with E-state index >= 15 is 0 Å². The summed E-state index contributed by atoms with van der Waals surface area (Å²) in [5.74, 6) is 0. The lowest BCUT2D eigenvalue weighted by Crippen LogP contribution is -2.20. The van der Waals surface area contributed by atoms with Crippen LogP contribution in [0.1, 0.15) is 19.8 Å². The molecule has 0 radical (unpaired) electrons. The quantitative estimate of drug-likeness (QED) is 0.726. The summed E-state index contributed by atoms with van der Waals surface area (Å²) in [6.07, 6.45) is 5.52. The minimum Gasteiger partial charge on any atom is -0.347 e. The average Bonchev–Trinajstić information content (AvgIpc) is 2.08. The standard InChI is InChI=1S/C8H12N2OS/c1-2-3-5-10-6-4-9-7(12)8(10)11/h4,6H,2-3,5H2,1H3,(H,9,12). The molecule has 0 spiro atoms. The summed E-state index contributed by atoms with van der Waals surface area (Å²) in [7, 11) is 0. The molecule has 0 saturated heterocycles. The second kappa shape index (κ2) is 4.21. The lowest BCUT2D eigenvalue weighted by molar-refractivity contribution is 0.607. The predicted molar refractivity (Wildman–Crippen MR) is 50.8 cm³/mol. The summed E-state index contributed by atoms with van der Waals surface area (Å²) in [6.45, 7) is 2.85. The maximum atomic E-state index is 11.3. The van der Waals surface area contributed by atoms with Crippen LogP contribution in [0.2, 0.25) is 0 Å². The van der Waals surface area contributed by atoms with Crippen molar-refractivity contribution in [3.63, 3.8) is 0 Å². The topological polar surface area (TPSA) is 37.8 Å². The van der Waals surface area contributed by atoms with Gasteiger partial charge in [0.05, 0.1) is 0 Å². The van der Waals surface area contributed by atoms with Crippen molar-refractivity contribution in [3.05, 3.63) is 27.4 Å². The van der Waals surface area contributed by atoms with Gasteiger partial charge in [-0.3, -0.25) is 4.79 Å². The fraction of sp³-hybridized carbons (Fsp3) is 0.500. The summed E-state index contributed by atoms with van der Waals surface area (Å²) in [5.41, 5.74) is -0.0963. The Morgan fingerprint density at radius 3 is 3.08 bits per heavy atom. The van der Waals surface area contributed by atoms with Gasteiger partial charge in [-0.15, -0.1) is 0 Å². The molecule has 0 aliphatic heterocycles. The molecule has 0 aliphatic carbocycles. The molecule has 12 heavy (non-hydrogen) atoms. The first-order valence-electron chi connectivity index (χ1n) is 4.04. The first kappa shape index (κ1) is 9.19. The summed E-state index contributed by atoms with van der Waals surface area (Å²) >= 11 is 4.80. The van der Waals surface area contributed by atoms with Gasteiger partial charge in [0.1, 0.15) is 0 Å². The van der Waals surface area contributed by atoms with E-state index in [1.807, 2.05) is 0 Å². The minimum absolute atomic E-state index is 0.0963. The zero-order valence-corrected chi connectivity index (χ0v) is 7.86. The number of rotatable bonds is 3. The number of hydrogen-bond donors (Lipinski definition) is 1. The molecule has 1 aromatic rings. The number of unbranched alkanes of at least 4 members (excludes halogenated alkanes) is 1. The lowest BCUT2D eigenvalue weighted by Gasteiger charge is -2.01. The maximum absolute atomic E-state index is 11.3. The highest BCUT2D eigenvalue weighted by atomic mass is 32.1. The summed E-state index contributed by atoms with van der Waals surface area (Å²) in [4.78, 5) is 14.0. The molecule has 0 amide bonds. The highest BCUT2D eigenvalue weighted by Gasteiger charge is 1.94. The number of aromatic nitrogens is 2. The molecule has 0 saturated carbocycles. The fourth-order valence-electron chi connectivity index (χ4n) is 0.967. The Hall–Kier alpha value is -0.900. The monoisotopic (exact) mass is 184 g/mol. The van der Waals surface area contributed by atoms with Crippen LogP contribution in [0.15, 0.2) is 17.2 Å². The Bertz CT molecular complexity index is 353. The van der Waals surface area contributed by atoms with Crippen molar-refractivity contribution in [3.8, 4) is 0 Å². The second-order valence-electron chi connectivity index (χ2n) is 2.64. The number of nitrogens with one attached hydrogen (secondary N) is 1. The van der Waals surface area contributed by atoms with Crippen molar-refractivity contribution >= 4 is 12.2 Å². The Balaban J connectivity index is 2.93. The zero-order chi connectivity index (χ0) is 8.97. The van der Waals surface area contributed by atoms with Crippen LogP contribution in [0.25, 0.3) is 0 Å². The summed E-state index contributed by atoms with van der Waals surface area (Å²) in [6, 6.07) is 0. The van der Waals surface area contributed by atoms with E-state index < -0.39 is 0 Å². The first-order chi connectivity index (χ1) is 5.75. The Morgan fingerprint density at radius 1 is 1.67 bits per heavy atom. The van der Waals surface area contributed by atoms with Crippen molar-refractivity contribution in [1.29, 1.82) is 0 Å². The highest BCUT2D eigenvalue weighted by Crippen LogP contribution is 1.90. The van der Waals surface area contributed by atoms with Gasteiger partial charge in [0.25, 0.3) is 5.56 Å². The molecule has 1 rings (SSSR count). The molecule has 0 atom stereocenters. The molecule has 0 aliphatic rings. The molecule has 1 heterocycles. The van der Waals surface area contributed by atoms with Crippen molar-refractivity contribution in [2.75, 3.05) is 0 Å². The Morgan fingerprint density at radius 2 is 2.42 bits per heavy atom. The number of H-pyrrole nitrogens is 1. The van der Waals surface area contributed by atoms with E-state index in [-0.39, 0.29) is 10.2 Å². The number of nitrogens with zero attached hydrogens (tertiary/aromatic N) is 1. The third kappa shape index (κ3) is 2.04. The van der Waals surface area contributed by atoms with Gasteiger partial charge >= 0.3 is 0 Å². The van der Waals surface area contributed by atoms with Crippen molar-refractivity contribution in [2.24, 2.45) is 0 Å². The van der Waals surface area contributed by atoms with E-state index in [9.17, 15) is 4.79 Å². The van der Waals surface area contributed by atoms with E-state index in [0.29, 0.717) is 0 Å². The van der Waals surface area contributed by atoms with Crippen LogP contribution in [0.4, 0.5) is 0 Å². The van der Waals surface area contributed by atoms with Crippen LogP contribution in [-0.2, 0) is 6.54 Å². The van der Waals surface area contributed by atoms with Gasteiger partial charge in [0, 0.05) is 18.9 Å². The van der Waals surface area contributed by atoms with Gasteiger partial charge in [-0.1, -0.05) is 25.6 Å². The van der Waals surface area contributed by atoms with E-state index in [2.05, 4.69) is 11.9 Å². The average molecular weight is 184 g/mol. The van der Waals surface area contributed by atoms with Crippen LogP contribution in [-0.4, -0.2) is 9.55 Å². The van der Waals surface area contributed by atoms with Crippen LogP contribution in [0.3, 0.4) is 0 Å². The molecule has 0 aromatic carbocycles. The molecule has 3 nitrogen and oxygen atoms in total. The smallest absolute Gasteiger partial charge is 0.285 e. The fourth-order valence-corrected chi connectivity index (χ4v) is 1.15. The molecule has 66 valence electrons. The summed E-state index contributed by atoms with van der Waals surface area (Å²) in [5, 5.41) is 0. The molecule has 0 bridgehead atoms. The largest absolute Gasteiger partial charge is 0.347 e. The van der Waals surface area contributed by atoms with E-state index in [1.54, 1.807) is 17.0 Å². The van der Waals surface area contributed by atoms with E-state index in [4.69, 9.17) is 12.2 Å². The summed E-state index contributed by atoms with van der Waals surface area (Å²) < 4.78 is 1.93. The van der Waals surface area contributed by atoms with E-state index in [1.165, 1.54) is 0 Å². The number of aryl methyl sites for hydroxylation is 1. The van der Waals surface area contributed by atoms with Crippen LogP contribution < -0.4 is 5.56 Å². The molecule has 0 fully saturated rings. The van der Waals surface area contributed by atoms with Crippen molar-refractivity contribution in [1.82, 2.24) is 9.55 Å². The molecular weight excluding hydrogens is 172 g/mol. The molecule has 0 unspecified atom stereocenters. The van der Waals surface area contributed by atoms with Crippen LogP contribution >= 0.6 is 12.2 Å². The minimum atomic E-state index is -0.0963. The molecule has 4 heteroatoms. The highest BCUT2D eigenvalue weighted by molar-refractivity contribution is 7.71. The maximum Gasteiger partial charge on any atom is 0.285 e. The third-order valence-electron chi connectivity index (χ3n) is 1.68.